The number of aryl methyl sites for hydroxylation is 5. The van der Waals surface area contributed by atoms with Crippen LogP contribution >= 0.6 is 0 Å². The fourth-order valence-electron chi connectivity index (χ4n) is 3.81. The van der Waals surface area contributed by atoms with E-state index in [0.717, 1.165) is 40.8 Å². The van der Waals surface area contributed by atoms with E-state index < -0.39 is 0 Å². The van der Waals surface area contributed by atoms with E-state index >= 15 is 0 Å². The van der Waals surface area contributed by atoms with Gasteiger partial charge in [-0.15, -0.1) is 0 Å². The standard InChI is InChI=1S/C23H27NO3/c1-15-10-16(2)23(17(3)11-15)24-21(25)14-27-22(26)13-18-8-9-19-6-4-5-7-20(19)12-18/h8-12H,4-7,13-14H2,1-3H3,(H,24,25). The number of amides is 1. The Hall–Kier alpha value is -2.62. The molecule has 142 valence electrons. The summed E-state index contributed by atoms with van der Waals surface area (Å²) in [6, 6.07) is 10.3. The highest BCUT2D eigenvalue weighted by atomic mass is 16.5. The number of benzene rings is 2. The maximum atomic E-state index is 12.2. The number of hydrogen-bond acceptors (Lipinski definition) is 3. The van der Waals surface area contributed by atoms with Crippen molar-refractivity contribution < 1.29 is 14.3 Å². The van der Waals surface area contributed by atoms with Crippen LogP contribution in [0.3, 0.4) is 0 Å². The summed E-state index contributed by atoms with van der Waals surface area (Å²) in [4.78, 5) is 24.3. The normalized spacial score (nSPS) is 13.0. The highest BCUT2D eigenvalue weighted by Gasteiger charge is 2.14. The second kappa shape index (κ2) is 8.38. The Kier molecular flexibility index (Phi) is 5.94. The molecule has 0 atom stereocenters. The molecule has 27 heavy (non-hydrogen) atoms. The Morgan fingerprint density at radius 3 is 2.33 bits per heavy atom. The highest BCUT2D eigenvalue weighted by Crippen LogP contribution is 2.23. The number of nitrogens with one attached hydrogen (secondary N) is 1. The van der Waals surface area contributed by atoms with Crippen molar-refractivity contribution in [2.45, 2.75) is 52.9 Å². The first-order valence-electron chi connectivity index (χ1n) is 9.56. The van der Waals surface area contributed by atoms with E-state index in [1.165, 1.54) is 24.0 Å². The summed E-state index contributed by atoms with van der Waals surface area (Å²) in [5, 5.41) is 2.85. The maximum absolute atomic E-state index is 12.2. The third-order valence-electron chi connectivity index (χ3n) is 5.07. The van der Waals surface area contributed by atoms with Crippen molar-refractivity contribution in [1.29, 1.82) is 0 Å². The number of esters is 1. The third-order valence-corrected chi connectivity index (χ3v) is 5.07. The smallest absolute Gasteiger partial charge is 0.310 e. The Labute approximate surface area is 160 Å². The molecule has 0 spiro atoms. The molecule has 3 rings (SSSR count). The lowest BCUT2D eigenvalue weighted by Gasteiger charge is -2.16. The Balaban J connectivity index is 1.52. The minimum absolute atomic E-state index is 0.198. The van der Waals surface area contributed by atoms with Crippen LogP contribution in [-0.4, -0.2) is 18.5 Å². The summed E-state index contributed by atoms with van der Waals surface area (Å²) in [5.74, 6) is -0.692. The molecule has 0 unspecified atom stereocenters. The topological polar surface area (TPSA) is 55.4 Å². The van der Waals surface area contributed by atoms with Crippen molar-refractivity contribution in [2.24, 2.45) is 0 Å². The second-order valence-electron chi connectivity index (χ2n) is 7.47. The summed E-state index contributed by atoms with van der Waals surface area (Å²) in [6.45, 7) is 5.67. The van der Waals surface area contributed by atoms with E-state index in [4.69, 9.17) is 4.74 Å². The SMILES string of the molecule is Cc1cc(C)c(NC(=O)COC(=O)Cc2ccc3c(c2)CCCC3)c(C)c1. The van der Waals surface area contributed by atoms with Crippen LogP contribution in [0.5, 0.6) is 0 Å². The molecular formula is C23H27NO3. The Bertz CT molecular complexity index is 847. The summed E-state index contributed by atoms with van der Waals surface area (Å²) in [7, 11) is 0. The zero-order valence-electron chi connectivity index (χ0n) is 16.4. The average Bonchev–Trinajstić information content (AvgIpc) is 2.63. The monoisotopic (exact) mass is 365 g/mol. The summed E-state index contributed by atoms with van der Waals surface area (Å²) < 4.78 is 5.18. The zero-order chi connectivity index (χ0) is 19.4. The molecule has 0 bridgehead atoms. The molecule has 1 amide bonds. The van der Waals surface area contributed by atoms with Crippen LogP contribution in [0.1, 0.15) is 46.2 Å². The van der Waals surface area contributed by atoms with Crippen molar-refractivity contribution >= 4 is 17.6 Å². The van der Waals surface area contributed by atoms with E-state index in [2.05, 4.69) is 17.4 Å². The summed E-state index contributed by atoms with van der Waals surface area (Å²) in [5.41, 5.74) is 7.63. The molecule has 0 heterocycles. The van der Waals surface area contributed by atoms with Gasteiger partial charge >= 0.3 is 5.97 Å². The van der Waals surface area contributed by atoms with Gasteiger partial charge in [-0.2, -0.15) is 0 Å². The molecule has 0 aliphatic heterocycles. The van der Waals surface area contributed by atoms with Crippen LogP contribution < -0.4 is 5.32 Å². The lowest BCUT2D eigenvalue weighted by atomic mass is 9.90. The number of hydrogen-bond donors (Lipinski definition) is 1. The molecule has 0 saturated carbocycles. The summed E-state index contributed by atoms with van der Waals surface area (Å²) >= 11 is 0. The van der Waals surface area contributed by atoms with Crippen molar-refractivity contribution in [3.8, 4) is 0 Å². The molecule has 4 nitrogen and oxygen atoms in total. The molecule has 2 aromatic rings. The molecule has 0 radical (unpaired) electrons. The van der Waals surface area contributed by atoms with E-state index in [-0.39, 0.29) is 24.9 Å². The second-order valence-corrected chi connectivity index (χ2v) is 7.47. The minimum Gasteiger partial charge on any atom is -0.455 e. The van der Waals surface area contributed by atoms with Crippen LogP contribution in [0.15, 0.2) is 30.3 Å². The largest absolute Gasteiger partial charge is 0.455 e. The third kappa shape index (κ3) is 4.97. The molecule has 0 aromatic heterocycles. The molecule has 1 aliphatic rings. The first kappa shape index (κ1) is 19.2. The van der Waals surface area contributed by atoms with Gasteiger partial charge < -0.3 is 10.1 Å². The van der Waals surface area contributed by atoms with Crippen LogP contribution in [-0.2, 0) is 33.6 Å². The van der Waals surface area contributed by atoms with Crippen LogP contribution in [0.2, 0.25) is 0 Å². The maximum Gasteiger partial charge on any atom is 0.310 e. The van der Waals surface area contributed by atoms with Gasteiger partial charge in [0.25, 0.3) is 5.91 Å². The lowest BCUT2D eigenvalue weighted by molar-refractivity contribution is -0.146. The lowest BCUT2D eigenvalue weighted by Crippen LogP contribution is -2.22. The van der Waals surface area contributed by atoms with Gasteiger partial charge in [0.05, 0.1) is 6.42 Å². The number of rotatable bonds is 5. The van der Waals surface area contributed by atoms with Gasteiger partial charge in [-0.05, 0) is 74.3 Å². The zero-order valence-corrected chi connectivity index (χ0v) is 16.4. The predicted octanol–water partition coefficient (Wildman–Crippen LogP) is 4.22. The number of carbonyl (C=O) groups is 2. The molecular weight excluding hydrogens is 338 g/mol. The number of anilines is 1. The van der Waals surface area contributed by atoms with Crippen molar-refractivity contribution in [3.63, 3.8) is 0 Å². The molecule has 1 N–H and O–H groups in total. The van der Waals surface area contributed by atoms with E-state index in [1.54, 1.807) is 0 Å². The number of fused-ring (bicyclic) bond motifs is 1. The van der Waals surface area contributed by atoms with Crippen molar-refractivity contribution in [1.82, 2.24) is 0 Å². The van der Waals surface area contributed by atoms with Crippen molar-refractivity contribution in [3.05, 3.63) is 63.7 Å². The Morgan fingerprint density at radius 1 is 0.963 bits per heavy atom. The van der Waals surface area contributed by atoms with E-state index in [9.17, 15) is 9.59 Å². The van der Waals surface area contributed by atoms with Gasteiger partial charge in [-0.3, -0.25) is 9.59 Å². The van der Waals surface area contributed by atoms with E-state index in [1.807, 2.05) is 39.0 Å². The first-order valence-corrected chi connectivity index (χ1v) is 9.56. The Morgan fingerprint density at radius 2 is 1.63 bits per heavy atom. The van der Waals surface area contributed by atoms with Crippen molar-refractivity contribution in [2.75, 3.05) is 11.9 Å². The fourth-order valence-corrected chi connectivity index (χ4v) is 3.81. The number of ether oxygens (including phenoxy) is 1. The van der Waals surface area contributed by atoms with Gasteiger partial charge in [-0.1, -0.05) is 35.9 Å². The molecule has 0 fully saturated rings. The molecule has 1 aliphatic carbocycles. The van der Waals surface area contributed by atoms with Gasteiger partial charge in [0.1, 0.15) is 0 Å². The molecule has 0 saturated heterocycles. The summed E-state index contributed by atoms with van der Waals surface area (Å²) in [6.07, 6.45) is 4.85. The minimum atomic E-state index is -0.377. The van der Waals surface area contributed by atoms with E-state index in [0.29, 0.717) is 0 Å². The fraction of sp³-hybridized carbons (Fsp3) is 0.391. The predicted molar refractivity (Wildman–Crippen MR) is 107 cm³/mol. The van der Waals surface area contributed by atoms with Gasteiger partial charge in [-0.25, -0.2) is 0 Å². The first-order chi connectivity index (χ1) is 12.9. The van der Waals surface area contributed by atoms with Crippen LogP contribution in [0.4, 0.5) is 5.69 Å². The van der Waals surface area contributed by atoms with Gasteiger partial charge in [0, 0.05) is 5.69 Å². The van der Waals surface area contributed by atoms with Crippen LogP contribution in [0, 0.1) is 20.8 Å². The molecule has 4 heteroatoms. The molecule has 2 aromatic carbocycles. The average molecular weight is 365 g/mol. The van der Waals surface area contributed by atoms with Crippen LogP contribution in [0.25, 0.3) is 0 Å². The quantitative estimate of drug-likeness (QED) is 0.808. The van der Waals surface area contributed by atoms with Gasteiger partial charge in [0.15, 0.2) is 6.61 Å². The highest BCUT2D eigenvalue weighted by molar-refractivity contribution is 5.94. The van der Waals surface area contributed by atoms with Gasteiger partial charge in [0.2, 0.25) is 0 Å². The number of carbonyl (C=O) groups excluding carboxylic acids is 2.